The molecular formula is C14H14FN3O3. The average Bonchev–Trinajstić information content (AvgIpc) is 2.50. The number of nitrogens with zero attached hydrogens (tertiary/aromatic N) is 2. The number of piperidine rings is 1. The van der Waals surface area contributed by atoms with Crippen LogP contribution in [0.5, 0.6) is 5.75 Å². The molecule has 0 unspecified atom stereocenters. The van der Waals surface area contributed by atoms with Gasteiger partial charge in [-0.1, -0.05) is 0 Å². The minimum absolute atomic E-state index is 0.00935. The van der Waals surface area contributed by atoms with Gasteiger partial charge in [-0.2, -0.15) is 0 Å². The van der Waals surface area contributed by atoms with Gasteiger partial charge in [0.2, 0.25) is 0 Å². The number of nitro groups is 1. The summed E-state index contributed by atoms with van der Waals surface area (Å²) in [5, 5.41) is 14.5. The van der Waals surface area contributed by atoms with Gasteiger partial charge in [-0.25, -0.2) is 4.39 Å². The number of pyridine rings is 1. The number of benzene rings is 1. The van der Waals surface area contributed by atoms with Crippen molar-refractivity contribution in [2.24, 2.45) is 0 Å². The van der Waals surface area contributed by atoms with Gasteiger partial charge in [0.15, 0.2) is 11.6 Å². The van der Waals surface area contributed by atoms with Crippen LogP contribution >= 0.6 is 0 Å². The Labute approximate surface area is 120 Å². The van der Waals surface area contributed by atoms with Crippen molar-refractivity contribution in [1.29, 1.82) is 0 Å². The maximum atomic E-state index is 14.2. The summed E-state index contributed by atoms with van der Waals surface area (Å²) in [5.74, 6) is -0.761. The number of nitro benzene ring substituents is 1. The molecule has 2 aromatic rings. The molecule has 1 aliphatic heterocycles. The molecule has 21 heavy (non-hydrogen) atoms. The molecule has 0 radical (unpaired) electrons. The van der Waals surface area contributed by atoms with E-state index in [2.05, 4.69) is 10.3 Å². The first kappa shape index (κ1) is 13.7. The Morgan fingerprint density at radius 2 is 2.38 bits per heavy atom. The van der Waals surface area contributed by atoms with Crippen LogP contribution in [0.2, 0.25) is 0 Å². The van der Waals surface area contributed by atoms with E-state index in [4.69, 9.17) is 4.74 Å². The van der Waals surface area contributed by atoms with Crippen molar-refractivity contribution in [3.8, 4) is 5.75 Å². The number of hydrogen-bond acceptors (Lipinski definition) is 5. The zero-order chi connectivity index (χ0) is 14.8. The normalized spacial score (nSPS) is 18.6. The van der Waals surface area contributed by atoms with Crippen LogP contribution in [-0.2, 0) is 0 Å². The molecule has 7 heteroatoms. The lowest BCUT2D eigenvalue weighted by atomic mass is 10.1. The summed E-state index contributed by atoms with van der Waals surface area (Å²) >= 11 is 0. The monoisotopic (exact) mass is 291 g/mol. The highest BCUT2D eigenvalue weighted by Gasteiger charge is 2.24. The van der Waals surface area contributed by atoms with Crippen LogP contribution in [0.4, 0.5) is 10.1 Å². The summed E-state index contributed by atoms with van der Waals surface area (Å²) in [6, 6.07) is 4.03. The Hall–Kier alpha value is -2.28. The van der Waals surface area contributed by atoms with Crippen molar-refractivity contribution in [2.75, 3.05) is 13.1 Å². The molecule has 0 aliphatic carbocycles. The molecule has 1 aromatic heterocycles. The Morgan fingerprint density at radius 3 is 3.10 bits per heavy atom. The highest BCUT2D eigenvalue weighted by atomic mass is 19.1. The topological polar surface area (TPSA) is 77.3 Å². The Morgan fingerprint density at radius 1 is 1.52 bits per heavy atom. The predicted octanol–water partition coefficient (Wildman–Crippen LogP) is 2.41. The molecule has 1 fully saturated rings. The van der Waals surface area contributed by atoms with Gasteiger partial charge in [-0.15, -0.1) is 0 Å². The van der Waals surface area contributed by atoms with Gasteiger partial charge in [0, 0.05) is 12.7 Å². The smallest absolute Gasteiger partial charge is 0.281 e. The maximum absolute atomic E-state index is 14.2. The van der Waals surface area contributed by atoms with E-state index >= 15 is 0 Å². The number of rotatable bonds is 3. The third kappa shape index (κ3) is 2.64. The van der Waals surface area contributed by atoms with E-state index < -0.39 is 10.7 Å². The molecular weight excluding hydrogens is 277 g/mol. The van der Waals surface area contributed by atoms with E-state index in [1.165, 1.54) is 6.20 Å². The van der Waals surface area contributed by atoms with Crippen LogP contribution in [0.3, 0.4) is 0 Å². The summed E-state index contributed by atoms with van der Waals surface area (Å²) in [5.41, 5.74) is -0.112. The van der Waals surface area contributed by atoms with E-state index in [9.17, 15) is 14.5 Å². The molecule has 3 rings (SSSR count). The molecule has 1 atom stereocenters. The van der Waals surface area contributed by atoms with Crippen LogP contribution in [0.25, 0.3) is 10.9 Å². The quantitative estimate of drug-likeness (QED) is 0.694. The van der Waals surface area contributed by atoms with Gasteiger partial charge in [-0.3, -0.25) is 15.1 Å². The molecule has 0 bridgehead atoms. The Kier molecular flexibility index (Phi) is 3.66. The maximum Gasteiger partial charge on any atom is 0.281 e. The Bertz CT molecular complexity index is 686. The molecule has 1 aromatic carbocycles. The third-order valence-electron chi connectivity index (χ3n) is 3.51. The van der Waals surface area contributed by atoms with Gasteiger partial charge in [-0.05, 0) is 31.5 Å². The summed E-state index contributed by atoms with van der Waals surface area (Å²) in [6.45, 7) is 1.55. The van der Waals surface area contributed by atoms with Crippen molar-refractivity contribution >= 4 is 16.6 Å². The first-order chi connectivity index (χ1) is 10.2. The van der Waals surface area contributed by atoms with E-state index in [-0.39, 0.29) is 28.4 Å². The summed E-state index contributed by atoms with van der Waals surface area (Å²) in [7, 11) is 0. The number of fused-ring (bicyclic) bond motifs is 1. The third-order valence-corrected chi connectivity index (χ3v) is 3.51. The largest absolute Gasteiger partial charge is 0.484 e. The summed E-state index contributed by atoms with van der Waals surface area (Å²) in [4.78, 5) is 14.5. The lowest BCUT2D eigenvalue weighted by molar-refractivity contribution is -0.383. The Balaban J connectivity index is 2.07. The number of nitrogens with one attached hydrogen (secondary N) is 1. The second kappa shape index (κ2) is 5.61. The number of halogens is 1. The van der Waals surface area contributed by atoms with Crippen LogP contribution in [0.1, 0.15) is 12.8 Å². The summed E-state index contributed by atoms with van der Waals surface area (Å²) in [6.07, 6.45) is 3.08. The molecule has 0 spiro atoms. The lowest BCUT2D eigenvalue weighted by Crippen LogP contribution is -2.37. The van der Waals surface area contributed by atoms with Crippen molar-refractivity contribution in [1.82, 2.24) is 10.3 Å². The SMILES string of the molecule is O=[N+]([O-])c1cc(F)c(O[C@H]2CCCNC2)c2ncccc12. The van der Waals surface area contributed by atoms with E-state index in [0.717, 1.165) is 25.5 Å². The zero-order valence-electron chi connectivity index (χ0n) is 11.2. The average molecular weight is 291 g/mol. The van der Waals surface area contributed by atoms with E-state index in [0.29, 0.717) is 6.54 Å². The van der Waals surface area contributed by atoms with Gasteiger partial charge in [0.1, 0.15) is 11.6 Å². The fraction of sp³-hybridized carbons (Fsp3) is 0.357. The molecule has 1 N–H and O–H groups in total. The van der Waals surface area contributed by atoms with Crippen LogP contribution in [0.15, 0.2) is 24.4 Å². The summed E-state index contributed by atoms with van der Waals surface area (Å²) < 4.78 is 19.9. The van der Waals surface area contributed by atoms with Gasteiger partial charge < -0.3 is 10.1 Å². The minimum Gasteiger partial charge on any atom is -0.484 e. The van der Waals surface area contributed by atoms with Gasteiger partial charge in [0.25, 0.3) is 5.69 Å². The van der Waals surface area contributed by atoms with Gasteiger partial charge >= 0.3 is 0 Å². The second-order valence-electron chi connectivity index (χ2n) is 4.95. The number of non-ortho nitro benzene ring substituents is 1. The molecule has 110 valence electrons. The molecule has 0 amide bonds. The van der Waals surface area contributed by atoms with Crippen molar-refractivity contribution in [3.63, 3.8) is 0 Å². The van der Waals surface area contributed by atoms with E-state index in [1.54, 1.807) is 12.1 Å². The molecule has 1 aliphatic rings. The molecule has 0 saturated carbocycles. The highest BCUT2D eigenvalue weighted by Crippen LogP contribution is 2.35. The fourth-order valence-corrected chi connectivity index (χ4v) is 2.52. The first-order valence-electron chi connectivity index (χ1n) is 6.76. The van der Waals surface area contributed by atoms with Crippen molar-refractivity contribution < 1.29 is 14.1 Å². The number of ether oxygens (including phenoxy) is 1. The van der Waals surface area contributed by atoms with Crippen LogP contribution < -0.4 is 10.1 Å². The molecule has 6 nitrogen and oxygen atoms in total. The zero-order valence-corrected chi connectivity index (χ0v) is 11.2. The predicted molar refractivity (Wildman–Crippen MR) is 74.9 cm³/mol. The number of hydrogen-bond donors (Lipinski definition) is 1. The van der Waals surface area contributed by atoms with Crippen LogP contribution in [-0.4, -0.2) is 29.1 Å². The van der Waals surface area contributed by atoms with Crippen LogP contribution in [0, 0.1) is 15.9 Å². The minimum atomic E-state index is -0.751. The van der Waals surface area contributed by atoms with E-state index in [1.807, 2.05) is 0 Å². The number of aromatic nitrogens is 1. The lowest BCUT2D eigenvalue weighted by Gasteiger charge is -2.24. The fourth-order valence-electron chi connectivity index (χ4n) is 2.52. The standard InChI is InChI=1S/C14H14FN3O3/c15-11-7-12(18(19)20)10-4-2-6-17-13(10)14(11)21-9-3-1-5-16-8-9/h2,4,6-7,9,16H,1,3,5,8H2/t9-/m0/s1. The van der Waals surface area contributed by atoms with Gasteiger partial charge in [0.05, 0.1) is 16.4 Å². The first-order valence-corrected chi connectivity index (χ1v) is 6.76. The second-order valence-corrected chi connectivity index (χ2v) is 4.95. The van der Waals surface area contributed by atoms with Crippen molar-refractivity contribution in [2.45, 2.75) is 18.9 Å². The van der Waals surface area contributed by atoms with Crippen molar-refractivity contribution in [3.05, 3.63) is 40.3 Å². The molecule has 2 heterocycles. The molecule has 1 saturated heterocycles. The highest BCUT2D eigenvalue weighted by molar-refractivity contribution is 5.92.